The summed E-state index contributed by atoms with van der Waals surface area (Å²) in [6.45, 7) is 3.20. The molecule has 0 radical (unpaired) electrons. The van der Waals surface area contributed by atoms with Crippen LogP contribution < -0.4 is 5.32 Å². The second-order valence-corrected chi connectivity index (χ2v) is 5.99. The Morgan fingerprint density at radius 3 is 2.94 bits per heavy atom. The average Bonchev–Trinajstić information content (AvgIpc) is 2.33. The van der Waals surface area contributed by atoms with Gasteiger partial charge >= 0.3 is 0 Å². The quantitative estimate of drug-likeness (QED) is 0.542. The third-order valence-electron chi connectivity index (χ3n) is 2.55. The highest BCUT2D eigenvalue weighted by atomic mass is 127. The Balaban J connectivity index is 2.86. The van der Waals surface area contributed by atoms with E-state index >= 15 is 0 Å². The van der Waals surface area contributed by atoms with Gasteiger partial charge in [0.1, 0.15) is 0 Å². The summed E-state index contributed by atoms with van der Waals surface area (Å²) >= 11 is 5.91. The van der Waals surface area contributed by atoms with Gasteiger partial charge in [-0.1, -0.05) is 22.9 Å². The fraction of sp³-hybridized carbons (Fsp3) is 0.429. The number of nitrogens with one attached hydrogen (secondary N) is 1. The smallest absolute Gasteiger partial charge is 0.0340 e. The van der Waals surface area contributed by atoms with Crippen molar-refractivity contribution in [1.29, 1.82) is 0 Å². The summed E-state index contributed by atoms with van der Waals surface area (Å²) in [7, 11) is 0. The normalized spacial score (nSPS) is 12.1. The maximum absolute atomic E-state index is 5.36. The number of hydrogen-bond donors (Lipinski definition) is 1. The van der Waals surface area contributed by atoms with Crippen LogP contribution in [0.1, 0.15) is 37.8 Å². The number of hydrogen-bond acceptors (Lipinski definition) is 1. The van der Waals surface area contributed by atoms with Gasteiger partial charge in [0.25, 0.3) is 0 Å². The third-order valence-corrected chi connectivity index (χ3v) is 4.03. The number of benzene rings is 1. The summed E-state index contributed by atoms with van der Waals surface area (Å²) in [6.07, 6.45) is 8.30. The molecule has 0 aliphatic carbocycles. The fourth-order valence-corrected chi connectivity index (χ4v) is 2.79. The predicted molar refractivity (Wildman–Crippen MR) is 86.0 cm³/mol. The van der Waals surface area contributed by atoms with Crippen molar-refractivity contribution < 1.29 is 0 Å². The highest BCUT2D eigenvalue weighted by Gasteiger charge is 2.13. The Morgan fingerprint density at radius 1 is 1.53 bits per heavy atom. The molecule has 1 nitrogen and oxygen atoms in total. The molecule has 0 spiro atoms. The van der Waals surface area contributed by atoms with E-state index in [0.29, 0.717) is 6.04 Å². The molecule has 0 amide bonds. The van der Waals surface area contributed by atoms with Crippen LogP contribution in [0.15, 0.2) is 22.7 Å². The molecule has 1 N–H and O–H groups in total. The minimum absolute atomic E-state index is 0.357. The monoisotopic (exact) mass is 405 g/mol. The standard InChI is InChI=1S/C14H17BrIN/c1-3-5-6-14(17-9-4-2)12-10-11(15)7-8-13(12)16/h1,7-8,10,14,17H,4-6,9H2,2H3. The molecule has 92 valence electrons. The van der Waals surface area contributed by atoms with Gasteiger partial charge < -0.3 is 5.32 Å². The van der Waals surface area contributed by atoms with Crippen molar-refractivity contribution >= 4 is 38.5 Å². The van der Waals surface area contributed by atoms with Crippen LogP contribution in [0.3, 0.4) is 0 Å². The zero-order valence-corrected chi connectivity index (χ0v) is 13.7. The molecular weight excluding hydrogens is 389 g/mol. The molecule has 1 aromatic rings. The van der Waals surface area contributed by atoms with Gasteiger partial charge in [-0.15, -0.1) is 12.3 Å². The van der Waals surface area contributed by atoms with Crippen molar-refractivity contribution in [3.63, 3.8) is 0 Å². The summed E-state index contributed by atoms with van der Waals surface area (Å²) in [5, 5.41) is 3.57. The third kappa shape index (κ3) is 4.99. The average molecular weight is 406 g/mol. The number of terminal acetylenes is 1. The number of halogens is 2. The van der Waals surface area contributed by atoms with Gasteiger partial charge in [-0.25, -0.2) is 0 Å². The molecule has 0 heterocycles. The molecule has 1 aromatic carbocycles. The lowest BCUT2D eigenvalue weighted by Crippen LogP contribution is -2.22. The minimum atomic E-state index is 0.357. The van der Waals surface area contributed by atoms with Gasteiger partial charge in [0.05, 0.1) is 0 Å². The van der Waals surface area contributed by atoms with E-state index in [-0.39, 0.29) is 0 Å². The molecule has 0 saturated heterocycles. The van der Waals surface area contributed by atoms with Crippen molar-refractivity contribution in [2.45, 2.75) is 32.2 Å². The van der Waals surface area contributed by atoms with Gasteiger partial charge in [0, 0.05) is 20.5 Å². The van der Waals surface area contributed by atoms with Gasteiger partial charge in [0.2, 0.25) is 0 Å². The van der Waals surface area contributed by atoms with E-state index in [1.165, 1.54) is 9.13 Å². The van der Waals surface area contributed by atoms with E-state index in [2.05, 4.69) is 74.9 Å². The molecule has 3 heteroatoms. The maximum atomic E-state index is 5.36. The van der Waals surface area contributed by atoms with Crippen molar-refractivity contribution in [2.75, 3.05) is 6.54 Å². The van der Waals surface area contributed by atoms with E-state index < -0.39 is 0 Å². The van der Waals surface area contributed by atoms with Crippen LogP contribution in [0.4, 0.5) is 0 Å². The lowest BCUT2D eigenvalue weighted by molar-refractivity contribution is 0.503. The molecule has 1 rings (SSSR count). The molecule has 0 fully saturated rings. The van der Waals surface area contributed by atoms with Crippen molar-refractivity contribution in [3.05, 3.63) is 31.8 Å². The van der Waals surface area contributed by atoms with Crippen LogP contribution in [0, 0.1) is 15.9 Å². The van der Waals surface area contributed by atoms with Crippen LogP contribution in [0.2, 0.25) is 0 Å². The first kappa shape index (κ1) is 15.0. The van der Waals surface area contributed by atoms with E-state index in [1.54, 1.807) is 0 Å². The van der Waals surface area contributed by atoms with E-state index in [4.69, 9.17) is 6.42 Å². The van der Waals surface area contributed by atoms with Crippen LogP contribution in [0.25, 0.3) is 0 Å². The molecule has 0 aromatic heterocycles. The largest absolute Gasteiger partial charge is 0.310 e. The summed E-state index contributed by atoms with van der Waals surface area (Å²) in [5.41, 5.74) is 1.34. The molecule has 0 bridgehead atoms. The van der Waals surface area contributed by atoms with Gasteiger partial charge in [-0.05, 0) is 65.7 Å². The fourth-order valence-electron chi connectivity index (χ4n) is 1.70. The topological polar surface area (TPSA) is 12.0 Å². The van der Waals surface area contributed by atoms with E-state index in [9.17, 15) is 0 Å². The highest BCUT2D eigenvalue weighted by molar-refractivity contribution is 14.1. The summed E-state index contributed by atoms with van der Waals surface area (Å²) in [6, 6.07) is 6.75. The predicted octanol–water partition coefficient (Wildman–Crippen LogP) is 4.51. The molecule has 0 saturated carbocycles. The molecule has 0 aliphatic rings. The first-order valence-corrected chi connectivity index (χ1v) is 7.68. The number of rotatable bonds is 6. The first-order chi connectivity index (χ1) is 8.19. The van der Waals surface area contributed by atoms with Gasteiger partial charge in [-0.2, -0.15) is 0 Å². The van der Waals surface area contributed by atoms with Crippen molar-refractivity contribution in [1.82, 2.24) is 5.32 Å². The van der Waals surface area contributed by atoms with E-state index in [1.807, 2.05) is 0 Å². The van der Waals surface area contributed by atoms with Crippen LogP contribution >= 0.6 is 38.5 Å². The first-order valence-electron chi connectivity index (χ1n) is 5.80. The van der Waals surface area contributed by atoms with Crippen molar-refractivity contribution in [3.8, 4) is 12.3 Å². The molecule has 1 atom stereocenters. The Kier molecular flexibility index (Phi) is 7.17. The van der Waals surface area contributed by atoms with Crippen LogP contribution in [-0.4, -0.2) is 6.54 Å². The highest BCUT2D eigenvalue weighted by Crippen LogP contribution is 2.27. The summed E-state index contributed by atoms with van der Waals surface area (Å²) in [5.74, 6) is 2.72. The minimum Gasteiger partial charge on any atom is -0.310 e. The lowest BCUT2D eigenvalue weighted by Gasteiger charge is -2.19. The molecule has 17 heavy (non-hydrogen) atoms. The Labute approximate surface area is 126 Å². The van der Waals surface area contributed by atoms with Crippen molar-refractivity contribution in [2.24, 2.45) is 0 Å². The Bertz CT molecular complexity index is 398. The van der Waals surface area contributed by atoms with Crippen LogP contribution in [-0.2, 0) is 0 Å². The summed E-state index contributed by atoms with van der Waals surface area (Å²) in [4.78, 5) is 0. The Morgan fingerprint density at radius 2 is 2.29 bits per heavy atom. The summed E-state index contributed by atoms with van der Waals surface area (Å²) < 4.78 is 2.41. The second kappa shape index (κ2) is 8.12. The van der Waals surface area contributed by atoms with Gasteiger partial charge in [0.15, 0.2) is 0 Å². The maximum Gasteiger partial charge on any atom is 0.0340 e. The van der Waals surface area contributed by atoms with Gasteiger partial charge in [-0.3, -0.25) is 0 Å². The zero-order valence-electron chi connectivity index (χ0n) is 9.97. The molecule has 1 unspecified atom stereocenters. The zero-order chi connectivity index (χ0) is 12.7. The molecule has 0 aliphatic heterocycles. The lowest BCUT2D eigenvalue weighted by atomic mass is 10.0. The van der Waals surface area contributed by atoms with E-state index in [0.717, 1.165) is 30.3 Å². The molecular formula is C14H17BrIN. The second-order valence-electron chi connectivity index (χ2n) is 3.92. The Hall–Kier alpha value is -0.0500. The van der Waals surface area contributed by atoms with Crippen LogP contribution in [0.5, 0.6) is 0 Å². The SMILES string of the molecule is C#CCCC(NCCC)c1cc(Br)ccc1I.